The van der Waals surface area contributed by atoms with Gasteiger partial charge in [-0.2, -0.15) is 0 Å². The molecule has 0 saturated heterocycles. The van der Waals surface area contributed by atoms with Crippen LogP contribution in [0.1, 0.15) is 36.3 Å². The van der Waals surface area contributed by atoms with Crippen LogP contribution in [-0.2, 0) is 30.6 Å². The molecule has 0 spiro atoms. The van der Waals surface area contributed by atoms with Crippen molar-refractivity contribution in [2.75, 3.05) is 4.90 Å². The fourth-order valence-electron chi connectivity index (χ4n) is 3.28. The topological polar surface area (TPSA) is 46.3 Å². The van der Waals surface area contributed by atoms with Gasteiger partial charge >= 0.3 is 0 Å². The number of fused-ring (bicyclic) bond motifs is 1. The summed E-state index contributed by atoms with van der Waals surface area (Å²) < 4.78 is 6.61. The lowest BCUT2D eigenvalue weighted by atomic mass is 10.1. The number of hydrogen-bond donors (Lipinski definition) is 0. The van der Waals surface area contributed by atoms with Gasteiger partial charge in [0, 0.05) is 0 Å². The van der Waals surface area contributed by atoms with Crippen molar-refractivity contribution in [2.45, 2.75) is 39.7 Å². The van der Waals surface area contributed by atoms with Crippen LogP contribution in [0.2, 0.25) is 0 Å². The lowest BCUT2D eigenvalue weighted by Crippen LogP contribution is -2.31. The maximum Gasteiger partial charge on any atom is 0.233 e. The van der Waals surface area contributed by atoms with E-state index in [1.54, 1.807) is 22.5 Å². The Bertz CT molecular complexity index is 1100. The monoisotopic (exact) mass is 404 g/mol. The number of hydrogen-bond acceptors (Lipinski definition) is 4. The number of benzene rings is 2. The zero-order valence-corrected chi connectivity index (χ0v) is 17.5. The molecule has 5 heteroatoms. The van der Waals surface area contributed by atoms with Crippen LogP contribution in [-0.4, -0.2) is 10.9 Å². The summed E-state index contributed by atoms with van der Waals surface area (Å²) in [6.45, 7) is 4.64. The summed E-state index contributed by atoms with van der Waals surface area (Å²) in [5.41, 5.74) is 4.47. The van der Waals surface area contributed by atoms with Crippen LogP contribution in [0.4, 0.5) is 5.13 Å². The first-order chi connectivity index (χ1) is 14.2. The molecule has 0 aliphatic heterocycles. The summed E-state index contributed by atoms with van der Waals surface area (Å²) >= 11 is 1.55. The van der Waals surface area contributed by atoms with E-state index in [1.165, 1.54) is 11.1 Å². The zero-order valence-electron chi connectivity index (χ0n) is 16.7. The third-order valence-electron chi connectivity index (χ3n) is 5.06. The Kier molecular flexibility index (Phi) is 5.76. The largest absolute Gasteiger partial charge is 0.467 e. The van der Waals surface area contributed by atoms with Crippen LogP contribution in [0.15, 0.2) is 65.3 Å². The van der Waals surface area contributed by atoms with Gasteiger partial charge in [-0.3, -0.25) is 9.69 Å². The maximum atomic E-state index is 13.2. The van der Waals surface area contributed by atoms with E-state index < -0.39 is 0 Å². The number of aryl methyl sites for hydroxylation is 2. The Morgan fingerprint density at radius 3 is 2.41 bits per heavy atom. The molecule has 0 fully saturated rings. The van der Waals surface area contributed by atoms with Crippen molar-refractivity contribution >= 4 is 32.6 Å². The lowest BCUT2D eigenvalue weighted by Gasteiger charge is -2.19. The molecule has 0 saturated carbocycles. The van der Waals surface area contributed by atoms with Gasteiger partial charge in [0.1, 0.15) is 5.76 Å². The van der Waals surface area contributed by atoms with Crippen molar-refractivity contribution in [3.8, 4) is 0 Å². The maximum absolute atomic E-state index is 13.2. The Morgan fingerprint density at radius 1 is 1.00 bits per heavy atom. The molecule has 0 atom stereocenters. The fraction of sp³-hybridized carbons (Fsp3) is 0.250. The van der Waals surface area contributed by atoms with Gasteiger partial charge in [0.15, 0.2) is 5.13 Å². The molecule has 0 radical (unpaired) electrons. The molecule has 0 aliphatic rings. The van der Waals surface area contributed by atoms with Crippen LogP contribution in [0, 0.1) is 0 Å². The first-order valence-electron chi connectivity index (χ1n) is 9.96. The Balaban J connectivity index is 1.64. The third-order valence-corrected chi connectivity index (χ3v) is 6.10. The summed E-state index contributed by atoms with van der Waals surface area (Å²) in [5.74, 6) is 0.758. The molecule has 0 aliphatic carbocycles. The third kappa shape index (κ3) is 4.40. The van der Waals surface area contributed by atoms with Gasteiger partial charge in [-0.15, -0.1) is 0 Å². The fourth-order valence-corrected chi connectivity index (χ4v) is 4.32. The summed E-state index contributed by atoms with van der Waals surface area (Å²) in [6.07, 6.45) is 3.93. The van der Waals surface area contributed by atoms with E-state index in [0.717, 1.165) is 34.4 Å². The number of furan rings is 1. The summed E-state index contributed by atoms with van der Waals surface area (Å²) in [4.78, 5) is 19.7. The molecule has 0 N–H and O–H groups in total. The quantitative estimate of drug-likeness (QED) is 0.392. The molecule has 29 heavy (non-hydrogen) atoms. The molecule has 1 amide bonds. The van der Waals surface area contributed by atoms with Crippen molar-refractivity contribution in [1.82, 2.24) is 4.98 Å². The highest BCUT2D eigenvalue weighted by molar-refractivity contribution is 7.22. The van der Waals surface area contributed by atoms with Crippen molar-refractivity contribution in [1.29, 1.82) is 0 Å². The Labute approximate surface area is 174 Å². The highest BCUT2D eigenvalue weighted by Crippen LogP contribution is 2.31. The normalized spacial score (nSPS) is 11.1. The van der Waals surface area contributed by atoms with Crippen molar-refractivity contribution in [2.24, 2.45) is 0 Å². The van der Waals surface area contributed by atoms with E-state index in [1.807, 2.05) is 30.3 Å². The first-order valence-corrected chi connectivity index (χ1v) is 10.8. The van der Waals surface area contributed by atoms with Crippen molar-refractivity contribution < 1.29 is 9.21 Å². The van der Waals surface area contributed by atoms with Gasteiger partial charge in [0.2, 0.25) is 5.91 Å². The molecular formula is C24H24N2O2S. The van der Waals surface area contributed by atoms with Gasteiger partial charge in [-0.25, -0.2) is 4.98 Å². The number of amides is 1. The smallest absolute Gasteiger partial charge is 0.233 e. The number of rotatable bonds is 7. The molecule has 4 aromatic rings. The molecule has 0 unspecified atom stereocenters. The highest BCUT2D eigenvalue weighted by Gasteiger charge is 2.21. The predicted octanol–water partition coefficient (Wildman–Crippen LogP) is 5.79. The van der Waals surface area contributed by atoms with Crippen molar-refractivity contribution in [3.05, 3.63) is 83.3 Å². The minimum Gasteiger partial charge on any atom is -0.467 e. The first kappa shape index (κ1) is 19.4. The van der Waals surface area contributed by atoms with Gasteiger partial charge < -0.3 is 4.42 Å². The number of carbonyl (C=O) groups excluding carboxylic acids is 1. The number of anilines is 1. The minimum atomic E-state index is 0.0143. The van der Waals surface area contributed by atoms with E-state index in [0.29, 0.717) is 18.1 Å². The standard InChI is InChI=1S/C24H24N2O2S/c1-3-17-7-9-19(10-8-17)15-23(27)26(16-20-6-5-13-28-20)24-25-21-12-11-18(4-2)14-22(21)29-24/h5-14H,3-4,15-16H2,1-2H3. The van der Waals surface area contributed by atoms with Crippen LogP contribution in [0.5, 0.6) is 0 Å². The van der Waals surface area contributed by atoms with E-state index in [-0.39, 0.29) is 5.91 Å². The summed E-state index contributed by atoms with van der Waals surface area (Å²) in [7, 11) is 0. The second-order valence-electron chi connectivity index (χ2n) is 7.06. The summed E-state index contributed by atoms with van der Waals surface area (Å²) in [5, 5.41) is 0.708. The van der Waals surface area contributed by atoms with Gasteiger partial charge in [-0.05, 0) is 53.8 Å². The van der Waals surface area contributed by atoms with Crippen LogP contribution < -0.4 is 4.90 Å². The average molecular weight is 405 g/mol. The van der Waals surface area contributed by atoms with Gasteiger partial charge in [0.25, 0.3) is 0 Å². The van der Waals surface area contributed by atoms with E-state index in [4.69, 9.17) is 9.40 Å². The van der Waals surface area contributed by atoms with E-state index in [2.05, 4.69) is 38.1 Å². The van der Waals surface area contributed by atoms with E-state index in [9.17, 15) is 4.79 Å². The predicted molar refractivity (Wildman–Crippen MR) is 118 cm³/mol. The number of carbonyl (C=O) groups is 1. The molecular weight excluding hydrogens is 380 g/mol. The zero-order chi connectivity index (χ0) is 20.2. The average Bonchev–Trinajstić information content (AvgIpc) is 3.41. The second kappa shape index (κ2) is 8.62. The molecule has 4 rings (SSSR count). The summed E-state index contributed by atoms with van der Waals surface area (Å²) in [6, 6.07) is 18.3. The lowest BCUT2D eigenvalue weighted by molar-refractivity contribution is -0.118. The molecule has 0 bridgehead atoms. The SMILES string of the molecule is CCc1ccc(CC(=O)N(Cc2ccco2)c2nc3ccc(CC)cc3s2)cc1. The van der Waals surface area contributed by atoms with Gasteiger partial charge in [-0.1, -0.05) is 55.5 Å². The number of aromatic nitrogens is 1. The number of thiazole rings is 1. The Morgan fingerprint density at radius 2 is 1.72 bits per heavy atom. The molecule has 4 nitrogen and oxygen atoms in total. The Hall–Kier alpha value is -2.92. The van der Waals surface area contributed by atoms with Gasteiger partial charge in [0.05, 0.1) is 29.4 Å². The van der Waals surface area contributed by atoms with Crippen LogP contribution in [0.3, 0.4) is 0 Å². The van der Waals surface area contributed by atoms with Crippen LogP contribution in [0.25, 0.3) is 10.2 Å². The minimum absolute atomic E-state index is 0.0143. The molecule has 2 aromatic heterocycles. The van der Waals surface area contributed by atoms with Crippen LogP contribution >= 0.6 is 11.3 Å². The molecule has 2 aromatic carbocycles. The molecule has 148 valence electrons. The van der Waals surface area contributed by atoms with E-state index >= 15 is 0 Å². The van der Waals surface area contributed by atoms with Crippen molar-refractivity contribution in [3.63, 3.8) is 0 Å². The number of nitrogens with zero attached hydrogens (tertiary/aromatic N) is 2. The second-order valence-corrected chi connectivity index (χ2v) is 8.07. The highest BCUT2D eigenvalue weighted by atomic mass is 32.1. The molecule has 2 heterocycles.